The molecule has 1 aromatic rings. The van der Waals surface area contributed by atoms with Gasteiger partial charge in [0.15, 0.2) is 0 Å². The Morgan fingerprint density at radius 3 is 2.20 bits per heavy atom. The molecule has 4 nitrogen and oxygen atoms in total. The van der Waals surface area contributed by atoms with E-state index in [1.807, 2.05) is 19.1 Å². The van der Waals surface area contributed by atoms with Crippen molar-refractivity contribution in [1.29, 1.82) is 0 Å². The van der Waals surface area contributed by atoms with Crippen LogP contribution in [0.4, 0.5) is 0 Å². The fourth-order valence-electron chi connectivity index (χ4n) is 1.07. The molecule has 0 spiro atoms. The Morgan fingerprint density at radius 2 is 1.73 bits per heavy atom. The first-order valence-electron chi connectivity index (χ1n) is 4.86. The molecular weight excluding hydrogens is 194 g/mol. The minimum atomic E-state index is -0.360. The molecule has 0 unspecified atom stereocenters. The average Bonchev–Trinajstić information content (AvgIpc) is 2.20. The lowest BCUT2D eigenvalue weighted by Crippen LogP contribution is -2.14. The molecule has 0 fully saturated rings. The summed E-state index contributed by atoms with van der Waals surface area (Å²) in [6.07, 6.45) is 0.229. The number of hydrogen-bond acceptors (Lipinski definition) is 3. The SMILES string of the molecule is CCOc1ccc(OCCC(N)=O)cc1. The van der Waals surface area contributed by atoms with Crippen LogP contribution in [0, 0.1) is 0 Å². The van der Waals surface area contributed by atoms with Crippen molar-refractivity contribution in [2.75, 3.05) is 13.2 Å². The van der Waals surface area contributed by atoms with Crippen LogP contribution < -0.4 is 15.2 Å². The second kappa shape index (κ2) is 5.90. The zero-order valence-electron chi connectivity index (χ0n) is 8.73. The summed E-state index contributed by atoms with van der Waals surface area (Å²) < 4.78 is 10.6. The number of nitrogens with two attached hydrogens (primary N) is 1. The van der Waals surface area contributed by atoms with Gasteiger partial charge in [-0.1, -0.05) is 0 Å². The molecule has 0 aliphatic heterocycles. The van der Waals surface area contributed by atoms with Gasteiger partial charge in [0.2, 0.25) is 5.91 Å². The first-order chi connectivity index (χ1) is 7.22. The zero-order chi connectivity index (χ0) is 11.1. The summed E-state index contributed by atoms with van der Waals surface area (Å²) in [6.45, 7) is 2.88. The molecule has 0 atom stereocenters. The van der Waals surface area contributed by atoms with Gasteiger partial charge in [-0.15, -0.1) is 0 Å². The van der Waals surface area contributed by atoms with E-state index in [2.05, 4.69) is 0 Å². The van der Waals surface area contributed by atoms with Gasteiger partial charge in [-0.25, -0.2) is 0 Å². The molecule has 1 amide bonds. The molecule has 0 heterocycles. The Bertz CT molecular complexity index is 308. The van der Waals surface area contributed by atoms with E-state index in [0.29, 0.717) is 19.0 Å². The van der Waals surface area contributed by atoms with Gasteiger partial charge in [0.25, 0.3) is 0 Å². The quantitative estimate of drug-likeness (QED) is 0.769. The maximum atomic E-state index is 10.5. The fourth-order valence-corrected chi connectivity index (χ4v) is 1.07. The van der Waals surface area contributed by atoms with Crippen molar-refractivity contribution < 1.29 is 14.3 Å². The van der Waals surface area contributed by atoms with Crippen LogP contribution in [-0.4, -0.2) is 19.1 Å². The molecule has 0 bridgehead atoms. The Kier molecular flexibility index (Phi) is 4.47. The second-order valence-corrected chi connectivity index (χ2v) is 2.97. The van der Waals surface area contributed by atoms with Gasteiger partial charge >= 0.3 is 0 Å². The molecule has 0 saturated heterocycles. The van der Waals surface area contributed by atoms with Crippen LogP contribution in [0.15, 0.2) is 24.3 Å². The van der Waals surface area contributed by atoms with Crippen molar-refractivity contribution in [3.8, 4) is 11.5 Å². The lowest BCUT2D eigenvalue weighted by molar-refractivity contribution is -0.118. The van der Waals surface area contributed by atoms with E-state index in [-0.39, 0.29) is 12.3 Å². The van der Waals surface area contributed by atoms with Crippen LogP contribution in [0.25, 0.3) is 0 Å². The standard InChI is InChI=1S/C11H15NO3/c1-2-14-9-3-5-10(6-4-9)15-8-7-11(12)13/h3-6H,2,7-8H2,1H3,(H2,12,13). The van der Waals surface area contributed by atoms with Crippen LogP contribution >= 0.6 is 0 Å². The molecule has 1 aromatic carbocycles. The predicted molar refractivity (Wildman–Crippen MR) is 56.9 cm³/mol. The topological polar surface area (TPSA) is 61.6 Å². The Hall–Kier alpha value is -1.71. The number of carbonyl (C=O) groups excluding carboxylic acids is 1. The third-order valence-corrected chi connectivity index (χ3v) is 1.75. The maximum absolute atomic E-state index is 10.5. The van der Waals surface area contributed by atoms with E-state index in [0.717, 1.165) is 5.75 Å². The van der Waals surface area contributed by atoms with E-state index in [1.165, 1.54) is 0 Å². The number of primary amides is 1. The maximum Gasteiger partial charge on any atom is 0.220 e. The van der Waals surface area contributed by atoms with Crippen LogP contribution in [0.3, 0.4) is 0 Å². The Labute approximate surface area is 89.0 Å². The number of carbonyl (C=O) groups is 1. The average molecular weight is 209 g/mol. The van der Waals surface area contributed by atoms with E-state index in [1.54, 1.807) is 12.1 Å². The summed E-state index contributed by atoms with van der Waals surface area (Å²) in [5.41, 5.74) is 4.98. The molecule has 1 rings (SSSR count). The second-order valence-electron chi connectivity index (χ2n) is 2.97. The number of benzene rings is 1. The molecule has 4 heteroatoms. The molecule has 15 heavy (non-hydrogen) atoms. The van der Waals surface area contributed by atoms with Crippen molar-refractivity contribution in [2.45, 2.75) is 13.3 Å². The minimum Gasteiger partial charge on any atom is -0.494 e. The Morgan fingerprint density at radius 1 is 1.20 bits per heavy atom. The van der Waals surface area contributed by atoms with Crippen molar-refractivity contribution >= 4 is 5.91 Å². The molecule has 0 aliphatic rings. The van der Waals surface area contributed by atoms with Crippen LogP contribution in [0.2, 0.25) is 0 Å². The molecule has 0 radical (unpaired) electrons. The predicted octanol–water partition coefficient (Wildman–Crippen LogP) is 1.34. The summed E-state index contributed by atoms with van der Waals surface area (Å²) in [7, 11) is 0. The normalized spacial score (nSPS) is 9.67. The highest BCUT2D eigenvalue weighted by Crippen LogP contribution is 2.17. The van der Waals surface area contributed by atoms with Gasteiger partial charge < -0.3 is 15.2 Å². The smallest absolute Gasteiger partial charge is 0.220 e. The number of rotatable bonds is 6. The van der Waals surface area contributed by atoms with Crippen LogP contribution in [-0.2, 0) is 4.79 Å². The molecule has 0 aromatic heterocycles. The monoisotopic (exact) mass is 209 g/mol. The zero-order valence-corrected chi connectivity index (χ0v) is 8.73. The fraction of sp³-hybridized carbons (Fsp3) is 0.364. The van der Waals surface area contributed by atoms with E-state index < -0.39 is 0 Å². The number of amides is 1. The van der Waals surface area contributed by atoms with Crippen molar-refractivity contribution in [1.82, 2.24) is 0 Å². The molecule has 0 aliphatic carbocycles. The summed E-state index contributed by atoms with van der Waals surface area (Å²) in [4.78, 5) is 10.5. The van der Waals surface area contributed by atoms with E-state index >= 15 is 0 Å². The van der Waals surface area contributed by atoms with Crippen LogP contribution in [0.1, 0.15) is 13.3 Å². The first-order valence-corrected chi connectivity index (χ1v) is 4.86. The third-order valence-electron chi connectivity index (χ3n) is 1.75. The van der Waals surface area contributed by atoms with Crippen LogP contribution in [0.5, 0.6) is 11.5 Å². The van der Waals surface area contributed by atoms with Gasteiger partial charge in [-0.05, 0) is 31.2 Å². The van der Waals surface area contributed by atoms with Gasteiger partial charge in [0, 0.05) is 0 Å². The van der Waals surface area contributed by atoms with Gasteiger partial charge in [-0.2, -0.15) is 0 Å². The highest BCUT2D eigenvalue weighted by molar-refractivity contribution is 5.73. The molecule has 0 saturated carbocycles. The van der Waals surface area contributed by atoms with Crippen molar-refractivity contribution in [2.24, 2.45) is 5.73 Å². The highest BCUT2D eigenvalue weighted by Gasteiger charge is 1.97. The summed E-state index contributed by atoms with van der Waals surface area (Å²) in [6, 6.07) is 7.24. The minimum absolute atomic E-state index is 0.229. The Balaban J connectivity index is 2.39. The number of ether oxygens (including phenoxy) is 2. The third kappa shape index (κ3) is 4.35. The van der Waals surface area contributed by atoms with Gasteiger partial charge in [-0.3, -0.25) is 4.79 Å². The van der Waals surface area contributed by atoms with Gasteiger partial charge in [0.05, 0.1) is 19.6 Å². The lowest BCUT2D eigenvalue weighted by Gasteiger charge is -2.06. The van der Waals surface area contributed by atoms with Crippen molar-refractivity contribution in [3.05, 3.63) is 24.3 Å². The van der Waals surface area contributed by atoms with Gasteiger partial charge in [0.1, 0.15) is 11.5 Å². The molecule has 82 valence electrons. The first kappa shape index (κ1) is 11.4. The number of hydrogen-bond donors (Lipinski definition) is 1. The largest absolute Gasteiger partial charge is 0.494 e. The summed E-state index contributed by atoms with van der Waals surface area (Å²) in [5.74, 6) is 1.15. The summed E-state index contributed by atoms with van der Waals surface area (Å²) >= 11 is 0. The highest BCUT2D eigenvalue weighted by atomic mass is 16.5. The van der Waals surface area contributed by atoms with E-state index in [9.17, 15) is 4.79 Å². The van der Waals surface area contributed by atoms with E-state index in [4.69, 9.17) is 15.2 Å². The van der Waals surface area contributed by atoms with Crippen molar-refractivity contribution in [3.63, 3.8) is 0 Å². The summed E-state index contributed by atoms with van der Waals surface area (Å²) in [5, 5.41) is 0. The molecular formula is C11H15NO3. The molecule has 2 N–H and O–H groups in total. The lowest BCUT2D eigenvalue weighted by atomic mass is 10.3.